The number of fused-ring (bicyclic) bond motifs is 1. The van der Waals surface area contributed by atoms with Crippen LogP contribution in [-0.4, -0.2) is 108 Å². The van der Waals surface area contributed by atoms with E-state index in [1.807, 2.05) is 91.9 Å². The van der Waals surface area contributed by atoms with Crippen molar-refractivity contribution in [3.63, 3.8) is 0 Å². The van der Waals surface area contributed by atoms with Crippen molar-refractivity contribution in [3.05, 3.63) is 234 Å². The first-order valence-corrected chi connectivity index (χ1v) is 34.4. The Kier molecular flexibility index (Phi) is 22.1. The summed E-state index contributed by atoms with van der Waals surface area (Å²) in [5.41, 5.74) is 4.18. The standard InChI is InChI=1S/C70H80O11SSeSi/c1-51-31-37-56(38-32-51)82(71)44-43-74-63-45-62(75-49-53-23-13-7-14-24-53)60(39-41-73-48-52-21-11-6-12-22-52)78-66(63)47-68(83-57-25-15-8-16-26-57)80-64-46-65-67(50-76-69(81-65)54-33-35-55(72-5)36-34-54)79-61(64)40-42-77-84(70(2,3)4,58-27-17-9-18-28-58)59-29-19-10-20-30-59/h6-38,43-44,60-69H,39-42,45-50H2,1-5H3/b44-43-/t60-,61-,62+,63-,64+,65-,66+,67+,68?,69+,82+/m0/s1. The Labute approximate surface area is 507 Å². The molecule has 84 heavy (non-hydrogen) atoms. The van der Waals surface area contributed by atoms with Gasteiger partial charge in [-0.25, -0.2) is 0 Å². The topological polar surface area (TPSA) is 109 Å². The van der Waals surface area contributed by atoms with Crippen LogP contribution in [0.5, 0.6) is 5.75 Å². The molecule has 3 saturated heterocycles. The van der Waals surface area contributed by atoms with Crippen molar-refractivity contribution in [1.29, 1.82) is 0 Å². The van der Waals surface area contributed by atoms with Crippen LogP contribution in [0.15, 0.2) is 217 Å². The summed E-state index contributed by atoms with van der Waals surface area (Å²) in [7, 11) is -2.67. The van der Waals surface area contributed by atoms with Crippen LogP contribution in [0, 0.1) is 6.92 Å². The van der Waals surface area contributed by atoms with E-state index in [9.17, 15) is 4.21 Å². The second-order valence-corrected chi connectivity index (χ2v) is 31.0. The van der Waals surface area contributed by atoms with E-state index in [4.69, 9.17) is 47.1 Å². The molecule has 3 aliphatic rings. The number of methoxy groups -OCH3 is 1. The zero-order chi connectivity index (χ0) is 58.1. The molecular weight excluding hydrogens is 1160 g/mol. The van der Waals surface area contributed by atoms with Gasteiger partial charge in [-0.3, -0.25) is 0 Å². The van der Waals surface area contributed by atoms with E-state index in [0.717, 1.165) is 28.0 Å². The molecule has 3 heterocycles. The van der Waals surface area contributed by atoms with Gasteiger partial charge in [-0.05, 0) is 6.92 Å². The predicted molar refractivity (Wildman–Crippen MR) is 334 cm³/mol. The summed E-state index contributed by atoms with van der Waals surface area (Å²) >= 11 is -0.206. The summed E-state index contributed by atoms with van der Waals surface area (Å²) < 4.78 is 83.5. The summed E-state index contributed by atoms with van der Waals surface area (Å²) in [6, 6.07) is 68.1. The molecule has 11 atom stereocenters. The van der Waals surface area contributed by atoms with Gasteiger partial charge in [0.1, 0.15) is 0 Å². The van der Waals surface area contributed by atoms with E-state index in [0.29, 0.717) is 70.0 Å². The van der Waals surface area contributed by atoms with Gasteiger partial charge in [0.15, 0.2) is 0 Å². The van der Waals surface area contributed by atoms with Crippen LogP contribution in [-0.2, 0) is 66.3 Å². The summed E-state index contributed by atoms with van der Waals surface area (Å²) in [4.78, 5) is 0.697. The summed E-state index contributed by atoms with van der Waals surface area (Å²) in [6.45, 7) is 11.1. The third kappa shape index (κ3) is 16.3. The molecule has 0 aliphatic carbocycles. The first-order valence-electron chi connectivity index (χ1n) is 29.4. The molecule has 0 N–H and O–H groups in total. The van der Waals surface area contributed by atoms with E-state index >= 15 is 0 Å². The molecule has 1 unspecified atom stereocenters. The monoisotopic (exact) mass is 1240 g/mol. The Morgan fingerprint density at radius 3 is 1.86 bits per heavy atom. The Morgan fingerprint density at radius 1 is 0.631 bits per heavy atom. The number of ether oxygens (including phenoxy) is 9. The average Bonchev–Trinajstić information content (AvgIpc) is 2.85. The van der Waals surface area contributed by atoms with E-state index in [2.05, 4.69) is 136 Å². The predicted octanol–water partition coefficient (Wildman–Crippen LogP) is 11.7. The molecule has 0 aromatic heterocycles. The molecule has 0 radical (unpaired) electrons. The molecule has 3 aliphatic heterocycles. The third-order valence-electron chi connectivity index (χ3n) is 15.9. The molecule has 0 bridgehead atoms. The molecule has 7 aromatic rings. The van der Waals surface area contributed by atoms with Crippen LogP contribution in [0.25, 0.3) is 0 Å². The first kappa shape index (κ1) is 61.5. The van der Waals surface area contributed by atoms with Crippen LogP contribution >= 0.6 is 0 Å². The molecule has 0 amide bonds. The Morgan fingerprint density at radius 2 is 1.23 bits per heavy atom. The first-order chi connectivity index (χ1) is 41.0. The summed E-state index contributed by atoms with van der Waals surface area (Å²) in [5.74, 6) is 0.761. The normalized spacial score (nSPS) is 23.6. The Bertz CT molecular complexity index is 3060. The zero-order valence-electron chi connectivity index (χ0n) is 48.9. The van der Waals surface area contributed by atoms with Gasteiger partial charge < -0.3 is 0 Å². The molecule has 14 heteroatoms. The fourth-order valence-corrected chi connectivity index (χ4v) is 19.2. The Balaban J connectivity index is 0.961. The molecular formula is C70H80O11SSeSi. The van der Waals surface area contributed by atoms with Crippen LogP contribution in [0.2, 0.25) is 5.04 Å². The fourth-order valence-electron chi connectivity index (χ4n) is 11.6. The number of benzene rings is 7. The summed E-state index contributed by atoms with van der Waals surface area (Å²) in [5, 5.41) is 3.53. The van der Waals surface area contributed by atoms with Gasteiger partial charge in [0.05, 0.1) is 7.11 Å². The fraction of sp³-hybridized carbons (Fsp3) is 0.371. The van der Waals surface area contributed by atoms with E-state index < -0.39 is 43.7 Å². The third-order valence-corrected chi connectivity index (χ3v) is 24.4. The molecule has 7 aromatic carbocycles. The van der Waals surface area contributed by atoms with Crippen molar-refractivity contribution in [2.24, 2.45) is 0 Å². The van der Waals surface area contributed by atoms with E-state index in [1.54, 1.807) is 18.8 Å². The summed E-state index contributed by atoms with van der Waals surface area (Å²) in [6.07, 6.45) is 0.730. The van der Waals surface area contributed by atoms with Gasteiger partial charge in [0, 0.05) is 0 Å². The van der Waals surface area contributed by atoms with Gasteiger partial charge in [-0.1, -0.05) is 6.07 Å². The second-order valence-electron chi connectivity index (χ2n) is 22.8. The van der Waals surface area contributed by atoms with E-state index in [-0.39, 0.29) is 55.5 Å². The molecule has 3 fully saturated rings. The maximum atomic E-state index is 13.7. The molecule has 0 spiro atoms. The minimum atomic E-state index is -2.90. The molecule has 10 rings (SSSR count). The van der Waals surface area contributed by atoms with Gasteiger partial charge in [-0.2, -0.15) is 0 Å². The Hall–Kier alpha value is -5.55. The van der Waals surface area contributed by atoms with E-state index in [1.165, 1.54) is 14.8 Å². The van der Waals surface area contributed by atoms with Crippen molar-refractivity contribution >= 4 is 48.9 Å². The molecule has 0 saturated carbocycles. The van der Waals surface area contributed by atoms with Crippen molar-refractivity contribution in [3.8, 4) is 5.75 Å². The second kappa shape index (κ2) is 30.2. The van der Waals surface area contributed by atoms with Gasteiger partial charge in [0.2, 0.25) is 0 Å². The van der Waals surface area contributed by atoms with Crippen molar-refractivity contribution in [2.45, 2.75) is 143 Å². The van der Waals surface area contributed by atoms with Crippen LogP contribution < -0.4 is 19.6 Å². The van der Waals surface area contributed by atoms with Gasteiger partial charge in [0.25, 0.3) is 0 Å². The number of hydrogen-bond donors (Lipinski definition) is 0. The molecule has 11 nitrogen and oxygen atoms in total. The van der Waals surface area contributed by atoms with Crippen LogP contribution in [0.3, 0.4) is 0 Å². The van der Waals surface area contributed by atoms with Crippen LogP contribution in [0.1, 0.15) is 81.4 Å². The minimum absolute atomic E-state index is 0.206. The average molecular weight is 1240 g/mol. The number of hydrogen-bond acceptors (Lipinski definition) is 11. The number of rotatable bonds is 26. The zero-order valence-corrected chi connectivity index (χ0v) is 52.4. The number of aryl methyl sites for hydroxylation is 1. The van der Waals surface area contributed by atoms with Crippen molar-refractivity contribution < 1.29 is 51.3 Å². The van der Waals surface area contributed by atoms with Crippen LogP contribution in [0.4, 0.5) is 0 Å². The van der Waals surface area contributed by atoms with Crippen molar-refractivity contribution in [2.75, 3.05) is 26.9 Å². The van der Waals surface area contributed by atoms with Crippen molar-refractivity contribution in [1.82, 2.24) is 0 Å². The quantitative estimate of drug-likeness (QED) is 0.0294. The maximum absolute atomic E-state index is 13.7. The SMILES string of the molecule is COc1ccc([C@@H]2OC[C@H]3O[C@@H](CCO[Si](c4ccccc4)(c4ccccc4)C(C)(C)C)[C@H](OC(C[C@H]4O[C@@H](CCOCc5ccccc5)[C@H](OCc5ccccc5)C[C@@H]4O/C=C\[S@@](=O)c4ccc(C)cc4)[Se]c4ccccc4)C[C@@H]3O2)cc1. The molecule has 442 valence electrons. The van der Waals surface area contributed by atoms with Gasteiger partial charge in [-0.15, -0.1) is 0 Å². The van der Waals surface area contributed by atoms with Gasteiger partial charge >= 0.3 is 490 Å².